The van der Waals surface area contributed by atoms with Crippen molar-refractivity contribution in [2.24, 2.45) is 0 Å². The number of hydrogen-bond donors (Lipinski definition) is 2. The normalized spacial score (nSPS) is 11.1. The number of nitrogens with one attached hydrogen (secondary N) is 1. The van der Waals surface area contributed by atoms with Gasteiger partial charge in [0.25, 0.3) is 0 Å². The molecule has 0 saturated carbocycles. The van der Waals surface area contributed by atoms with Crippen molar-refractivity contribution >= 4 is 35.4 Å². The molecular formula is C14H19NO3S2. The molecule has 0 fully saturated rings. The molecule has 1 rings (SSSR count). The Balaban J connectivity index is 2.16. The standard InChI is InChI=1S/C14H19NO3S2/c1-14(2,13(17)18)20-10-12(16)15-8-9-19-11-6-4-3-5-7-11/h3-7H,8-10H2,1-2H3,(H,15,16)(H,17,18). The summed E-state index contributed by atoms with van der Waals surface area (Å²) in [5.41, 5.74) is 0. The molecule has 0 heterocycles. The maximum atomic E-state index is 11.6. The minimum Gasteiger partial charge on any atom is -0.480 e. The lowest BCUT2D eigenvalue weighted by atomic mass is 10.2. The second-order valence-electron chi connectivity index (χ2n) is 4.62. The topological polar surface area (TPSA) is 66.4 Å². The molecule has 0 aliphatic carbocycles. The summed E-state index contributed by atoms with van der Waals surface area (Å²) >= 11 is 2.81. The molecule has 0 bridgehead atoms. The quantitative estimate of drug-likeness (QED) is 0.570. The predicted molar refractivity (Wildman–Crippen MR) is 84.3 cm³/mol. The summed E-state index contributed by atoms with van der Waals surface area (Å²) in [5.74, 6) is -0.0779. The van der Waals surface area contributed by atoms with Crippen LogP contribution in [0.25, 0.3) is 0 Å². The van der Waals surface area contributed by atoms with Gasteiger partial charge in [0, 0.05) is 17.2 Å². The van der Waals surface area contributed by atoms with Gasteiger partial charge in [0.05, 0.1) is 5.75 Å². The molecule has 0 aliphatic heterocycles. The first kappa shape index (κ1) is 16.9. The fourth-order valence-corrected chi connectivity index (χ4v) is 2.74. The van der Waals surface area contributed by atoms with Crippen molar-refractivity contribution in [3.05, 3.63) is 30.3 Å². The number of carboxylic acids is 1. The fraction of sp³-hybridized carbons (Fsp3) is 0.429. The van der Waals surface area contributed by atoms with Gasteiger partial charge in [0.2, 0.25) is 5.91 Å². The number of benzene rings is 1. The number of carbonyl (C=O) groups is 2. The minimum atomic E-state index is -0.934. The maximum absolute atomic E-state index is 11.6. The Kier molecular flexibility index (Phi) is 6.95. The summed E-state index contributed by atoms with van der Waals surface area (Å²) in [6.45, 7) is 3.77. The first-order chi connectivity index (χ1) is 9.42. The van der Waals surface area contributed by atoms with Crippen LogP contribution in [0.3, 0.4) is 0 Å². The van der Waals surface area contributed by atoms with Crippen LogP contribution in [0.2, 0.25) is 0 Å². The van der Waals surface area contributed by atoms with Crippen LogP contribution in [0, 0.1) is 0 Å². The summed E-state index contributed by atoms with van der Waals surface area (Å²) in [7, 11) is 0. The molecule has 0 saturated heterocycles. The predicted octanol–water partition coefficient (Wildman–Crippen LogP) is 2.49. The number of aliphatic carboxylic acids is 1. The number of carbonyl (C=O) groups excluding carboxylic acids is 1. The number of hydrogen-bond acceptors (Lipinski definition) is 4. The zero-order chi connectivity index (χ0) is 15.0. The van der Waals surface area contributed by atoms with Crippen molar-refractivity contribution in [1.29, 1.82) is 0 Å². The molecule has 0 spiro atoms. The van der Waals surface area contributed by atoms with E-state index < -0.39 is 10.7 Å². The van der Waals surface area contributed by atoms with E-state index in [0.717, 1.165) is 17.5 Å². The van der Waals surface area contributed by atoms with Crippen molar-refractivity contribution in [2.75, 3.05) is 18.1 Å². The van der Waals surface area contributed by atoms with Crippen LogP contribution in [0.15, 0.2) is 35.2 Å². The van der Waals surface area contributed by atoms with Crippen LogP contribution in [0.4, 0.5) is 0 Å². The molecule has 4 nitrogen and oxygen atoms in total. The smallest absolute Gasteiger partial charge is 0.319 e. The zero-order valence-corrected chi connectivity index (χ0v) is 13.2. The van der Waals surface area contributed by atoms with Gasteiger partial charge < -0.3 is 10.4 Å². The lowest BCUT2D eigenvalue weighted by Crippen LogP contribution is -2.32. The molecule has 0 aromatic heterocycles. The molecule has 1 aromatic rings. The minimum absolute atomic E-state index is 0.127. The maximum Gasteiger partial charge on any atom is 0.319 e. The fourth-order valence-electron chi connectivity index (χ4n) is 1.23. The summed E-state index contributed by atoms with van der Waals surface area (Å²) < 4.78 is -0.934. The summed E-state index contributed by atoms with van der Waals surface area (Å²) in [6, 6.07) is 9.97. The zero-order valence-electron chi connectivity index (χ0n) is 11.6. The van der Waals surface area contributed by atoms with E-state index in [1.165, 1.54) is 4.90 Å². The van der Waals surface area contributed by atoms with Crippen LogP contribution in [-0.2, 0) is 9.59 Å². The molecule has 1 amide bonds. The number of amides is 1. The molecule has 0 atom stereocenters. The Labute approximate surface area is 127 Å². The molecule has 0 unspecified atom stereocenters. The highest BCUT2D eigenvalue weighted by Gasteiger charge is 2.28. The lowest BCUT2D eigenvalue weighted by molar-refractivity contribution is -0.138. The highest BCUT2D eigenvalue weighted by atomic mass is 32.2. The average Bonchev–Trinajstić information content (AvgIpc) is 2.42. The van der Waals surface area contributed by atoms with E-state index in [2.05, 4.69) is 5.32 Å². The monoisotopic (exact) mass is 313 g/mol. The Morgan fingerprint density at radius 2 is 1.90 bits per heavy atom. The highest BCUT2D eigenvalue weighted by molar-refractivity contribution is 8.02. The van der Waals surface area contributed by atoms with Crippen molar-refractivity contribution in [1.82, 2.24) is 5.32 Å². The Bertz CT molecular complexity index is 449. The third kappa shape index (κ3) is 6.34. The van der Waals surface area contributed by atoms with Gasteiger partial charge in [-0.25, -0.2) is 0 Å². The SMILES string of the molecule is CC(C)(SCC(=O)NCCSc1ccccc1)C(=O)O. The largest absolute Gasteiger partial charge is 0.480 e. The Morgan fingerprint density at radius 3 is 2.50 bits per heavy atom. The van der Waals surface area contributed by atoms with Gasteiger partial charge in [-0.1, -0.05) is 18.2 Å². The van der Waals surface area contributed by atoms with Crippen LogP contribution >= 0.6 is 23.5 Å². The second-order valence-corrected chi connectivity index (χ2v) is 7.38. The van der Waals surface area contributed by atoms with Gasteiger partial charge in [-0.15, -0.1) is 23.5 Å². The summed E-state index contributed by atoms with van der Waals surface area (Å²) in [6.07, 6.45) is 0. The third-order valence-electron chi connectivity index (χ3n) is 2.52. The van der Waals surface area contributed by atoms with E-state index in [9.17, 15) is 9.59 Å². The number of thioether (sulfide) groups is 2. The second kappa shape index (κ2) is 8.21. The molecule has 0 aliphatic rings. The molecular weight excluding hydrogens is 294 g/mol. The lowest BCUT2D eigenvalue weighted by Gasteiger charge is -2.17. The third-order valence-corrected chi connectivity index (χ3v) is 4.83. The average molecular weight is 313 g/mol. The van der Waals surface area contributed by atoms with Crippen LogP contribution in [-0.4, -0.2) is 39.8 Å². The van der Waals surface area contributed by atoms with Crippen LogP contribution in [0.5, 0.6) is 0 Å². The van der Waals surface area contributed by atoms with Gasteiger partial charge in [-0.3, -0.25) is 9.59 Å². The van der Waals surface area contributed by atoms with E-state index in [-0.39, 0.29) is 11.7 Å². The van der Waals surface area contributed by atoms with Crippen molar-refractivity contribution in [2.45, 2.75) is 23.5 Å². The van der Waals surface area contributed by atoms with Gasteiger partial charge in [-0.2, -0.15) is 0 Å². The van der Waals surface area contributed by atoms with Gasteiger partial charge in [0.1, 0.15) is 4.75 Å². The Hall–Kier alpha value is -1.14. The molecule has 1 aromatic carbocycles. The molecule has 2 N–H and O–H groups in total. The van der Waals surface area contributed by atoms with E-state index in [0.29, 0.717) is 6.54 Å². The number of carboxylic acid groups (broad SMARTS) is 1. The molecule has 6 heteroatoms. The summed E-state index contributed by atoms with van der Waals surface area (Å²) in [4.78, 5) is 23.7. The summed E-state index contributed by atoms with van der Waals surface area (Å²) in [5, 5.41) is 11.7. The van der Waals surface area contributed by atoms with Crippen molar-refractivity contribution in [3.63, 3.8) is 0 Å². The Morgan fingerprint density at radius 1 is 1.25 bits per heavy atom. The molecule has 110 valence electrons. The van der Waals surface area contributed by atoms with Crippen LogP contribution < -0.4 is 5.32 Å². The first-order valence-electron chi connectivity index (χ1n) is 6.24. The van der Waals surface area contributed by atoms with Gasteiger partial charge in [-0.05, 0) is 26.0 Å². The van der Waals surface area contributed by atoms with E-state index in [4.69, 9.17) is 5.11 Å². The highest BCUT2D eigenvalue weighted by Crippen LogP contribution is 2.24. The van der Waals surface area contributed by atoms with E-state index in [1.54, 1.807) is 25.6 Å². The molecule has 0 radical (unpaired) electrons. The van der Waals surface area contributed by atoms with E-state index >= 15 is 0 Å². The van der Waals surface area contributed by atoms with Crippen molar-refractivity contribution in [3.8, 4) is 0 Å². The van der Waals surface area contributed by atoms with Gasteiger partial charge >= 0.3 is 5.97 Å². The van der Waals surface area contributed by atoms with E-state index in [1.807, 2.05) is 30.3 Å². The van der Waals surface area contributed by atoms with Gasteiger partial charge in [0.15, 0.2) is 0 Å². The number of rotatable bonds is 8. The first-order valence-corrected chi connectivity index (χ1v) is 8.21. The molecule has 20 heavy (non-hydrogen) atoms. The van der Waals surface area contributed by atoms with Crippen molar-refractivity contribution < 1.29 is 14.7 Å². The van der Waals surface area contributed by atoms with Crippen LogP contribution in [0.1, 0.15) is 13.8 Å².